The molecule has 2 heteroatoms. The Kier molecular flexibility index (Phi) is 2.34. The lowest BCUT2D eigenvalue weighted by Gasteiger charge is -2.16. The Hall–Kier alpha value is -0.890. The van der Waals surface area contributed by atoms with Crippen molar-refractivity contribution in [3.8, 4) is 0 Å². The van der Waals surface area contributed by atoms with Crippen molar-refractivity contribution >= 4 is 0 Å². The molecule has 1 aliphatic rings. The van der Waals surface area contributed by atoms with Crippen molar-refractivity contribution < 1.29 is 4.39 Å². The highest BCUT2D eigenvalue weighted by Crippen LogP contribution is 2.57. The topological polar surface area (TPSA) is 26.0 Å². The van der Waals surface area contributed by atoms with Gasteiger partial charge in [0.2, 0.25) is 0 Å². The van der Waals surface area contributed by atoms with Gasteiger partial charge in [-0.15, -0.1) is 0 Å². The van der Waals surface area contributed by atoms with Crippen LogP contribution in [0.2, 0.25) is 0 Å². The zero-order chi connectivity index (χ0) is 11.2. The molecule has 1 aromatic carbocycles. The number of hydrogen-bond acceptors (Lipinski definition) is 1. The molecule has 1 nitrogen and oxygen atoms in total. The molecule has 2 N–H and O–H groups in total. The van der Waals surface area contributed by atoms with Crippen LogP contribution in [0.3, 0.4) is 0 Å². The van der Waals surface area contributed by atoms with Crippen LogP contribution in [0.5, 0.6) is 0 Å². The van der Waals surface area contributed by atoms with Gasteiger partial charge in [-0.2, -0.15) is 0 Å². The molecule has 2 unspecified atom stereocenters. The first kappa shape index (κ1) is 10.6. The van der Waals surface area contributed by atoms with E-state index in [4.69, 9.17) is 5.73 Å². The largest absolute Gasteiger partial charge is 0.324 e. The molecule has 82 valence electrons. The predicted molar refractivity (Wildman–Crippen MR) is 60.0 cm³/mol. The summed E-state index contributed by atoms with van der Waals surface area (Å²) in [5.74, 6) is 0.308. The van der Waals surface area contributed by atoms with Crippen LogP contribution >= 0.6 is 0 Å². The molecule has 0 amide bonds. The van der Waals surface area contributed by atoms with Crippen LogP contribution in [0.25, 0.3) is 0 Å². The molecule has 0 aliphatic heterocycles. The quantitative estimate of drug-likeness (QED) is 0.792. The molecule has 0 spiro atoms. The third kappa shape index (κ3) is 1.91. The Bertz CT molecular complexity index is 384. The highest BCUT2D eigenvalue weighted by atomic mass is 19.1. The highest BCUT2D eigenvalue weighted by molar-refractivity contribution is 5.31. The second kappa shape index (κ2) is 3.31. The van der Waals surface area contributed by atoms with Crippen LogP contribution in [0.15, 0.2) is 18.2 Å². The van der Waals surface area contributed by atoms with Crippen molar-refractivity contribution in [2.45, 2.75) is 33.2 Å². The van der Waals surface area contributed by atoms with Gasteiger partial charge in [-0.1, -0.05) is 19.9 Å². The first-order valence-corrected chi connectivity index (χ1v) is 5.43. The second-order valence-corrected chi connectivity index (χ2v) is 5.33. The van der Waals surface area contributed by atoms with Crippen molar-refractivity contribution in [1.82, 2.24) is 0 Å². The molecule has 0 radical (unpaired) electrons. The summed E-state index contributed by atoms with van der Waals surface area (Å²) in [5.41, 5.74) is 8.56. The zero-order valence-corrected chi connectivity index (χ0v) is 9.55. The number of hydrogen-bond donors (Lipinski definition) is 1. The molecule has 2 atom stereocenters. The standard InChI is InChI=1S/C13H18FN/c1-8-4-5-9(14)6-10(8)12(15)11-7-13(11,2)3/h4-6,11-12H,7,15H2,1-3H3. The van der Waals surface area contributed by atoms with Gasteiger partial charge in [0, 0.05) is 6.04 Å². The van der Waals surface area contributed by atoms with Gasteiger partial charge in [-0.3, -0.25) is 0 Å². The number of rotatable bonds is 2. The number of aryl methyl sites for hydroxylation is 1. The SMILES string of the molecule is Cc1ccc(F)cc1C(N)C1CC1(C)C. The van der Waals surface area contributed by atoms with E-state index in [9.17, 15) is 4.39 Å². The average Bonchev–Trinajstić information content (AvgIpc) is 2.78. The number of nitrogens with two attached hydrogens (primary N) is 1. The number of halogens is 1. The molecule has 1 saturated carbocycles. The van der Waals surface area contributed by atoms with Crippen LogP contribution in [0.4, 0.5) is 4.39 Å². The zero-order valence-electron chi connectivity index (χ0n) is 9.55. The van der Waals surface area contributed by atoms with E-state index >= 15 is 0 Å². The smallest absolute Gasteiger partial charge is 0.123 e. The Balaban J connectivity index is 2.26. The lowest BCUT2D eigenvalue weighted by atomic mass is 9.94. The van der Waals surface area contributed by atoms with Gasteiger partial charge in [0.1, 0.15) is 5.82 Å². The molecule has 0 heterocycles. The summed E-state index contributed by atoms with van der Waals surface area (Å²) >= 11 is 0. The van der Waals surface area contributed by atoms with Gasteiger partial charge in [-0.05, 0) is 47.9 Å². The minimum absolute atomic E-state index is 0.0179. The summed E-state index contributed by atoms with van der Waals surface area (Å²) in [6.45, 7) is 6.42. The van der Waals surface area contributed by atoms with Crippen LogP contribution in [0.1, 0.15) is 37.4 Å². The molecule has 0 bridgehead atoms. The van der Waals surface area contributed by atoms with Crippen LogP contribution in [-0.4, -0.2) is 0 Å². The van der Waals surface area contributed by atoms with Gasteiger partial charge in [0.25, 0.3) is 0 Å². The molecule has 15 heavy (non-hydrogen) atoms. The van der Waals surface area contributed by atoms with E-state index in [0.717, 1.165) is 17.5 Å². The fourth-order valence-corrected chi connectivity index (χ4v) is 2.31. The summed E-state index contributed by atoms with van der Waals surface area (Å²) in [6, 6.07) is 4.86. The van der Waals surface area contributed by atoms with Gasteiger partial charge in [-0.25, -0.2) is 4.39 Å². The van der Waals surface area contributed by atoms with E-state index in [-0.39, 0.29) is 11.9 Å². The molecule has 1 fully saturated rings. The third-order valence-electron chi connectivity index (χ3n) is 3.62. The lowest BCUT2D eigenvalue weighted by molar-refractivity contribution is 0.488. The van der Waals surface area contributed by atoms with Crippen molar-refractivity contribution in [2.24, 2.45) is 17.1 Å². The van der Waals surface area contributed by atoms with Crippen molar-refractivity contribution in [2.75, 3.05) is 0 Å². The Morgan fingerprint density at radius 3 is 2.60 bits per heavy atom. The molecule has 1 aromatic rings. The molecule has 0 saturated heterocycles. The van der Waals surface area contributed by atoms with Gasteiger partial charge >= 0.3 is 0 Å². The van der Waals surface area contributed by atoms with Crippen molar-refractivity contribution in [1.29, 1.82) is 0 Å². The summed E-state index contributed by atoms with van der Waals surface area (Å²) in [4.78, 5) is 0. The Morgan fingerprint density at radius 2 is 2.07 bits per heavy atom. The fraction of sp³-hybridized carbons (Fsp3) is 0.538. The molecular weight excluding hydrogens is 189 g/mol. The van der Waals surface area contributed by atoms with Crippen LogP contribution in [-0.2, 0) is 0 Å². The van der Waals surface area contributed by atoms with E-state index in [1.54, 1.807) is 12.1 Å². The summed E-state index contributed by atoms with van der Waals surface area (Å²) in [6.07, 6.45) is 1.14. The normalized spacial score (nSPS) is 25.0. The highest BCUT2D eigenvalue weighted by Gasteiger charge is 2.49. The van der Waals surface area contributed by atoms with E-state index in [1.165, 1.54) is 6.07 Å². The summed E-state index contributed by atoms with van der Waals surface area (Å²) < 4.78 is 13.1. The predicted octanol–water partition coefficient (Wildman–Crippen LogP) is 3.18. The monoisotopic (exact) mass is 207 g/mol. The van der Waals surface area contributed by atoms with E-state index in [0.29, 0.717) is 11.3 Å². The first-order chi connectivity index (χ1) is 6.92. The van der Waals surface area contributed by atoms with Crippen molar-refractivity contribution in [3.63, 3.8) is 0 Å². The van der Waals surface area contributed by atoms with E-state index in [1.807, 2.05) is 6.92 Å². The van der Waals surface area contributed by atoms with Gasteiger partial charge < -0.3 is 5.73 Å². The summed E-state index contributed by atoms with van der Waals surface area (Å²) in [7, 11) is 0. The molecule has 2 rings (SSSR count). The van der Waals surface area contributed by atoms with Crippen LogP contribution in [0, 0.1) is 24.1 Å². The fourth-order valence-electron chi connectivity index (χ4n) is 2.31. The Morgan fingerprint density at radius 1 is 1.47 bits per heavy atom. The Labute approximate surface area is 90.5 Å². The third-order valence-corrected chi connectivity index (χ3v) is 3.62. The minimum atomic E-state index is -0.190. The van der Waals surface area contributed by atoms with Crippen LogP contribution < -0.4 is 5.73 Å². The minimum Gasteiger partial charge on any atom is -0.324 e. The van der Waals surface area contributed by atoms with Crippen molar-refractivity contribution in [3.05, 3.63) is 35.1 Å². The maximum Gasteiger partial charge on any atom is 0.123 e. The first-order valence-electron chi connectivity index (χ1n) is 5.43. The molecule has 1 aliphatic carbocycles. The average molecular weight is 207 g/mol. The van der Waals surface area contributed by atoms with Gasteiger partial charge in [0.15, 0.2) is 0 Å². The maximum atomic E-state index is 13.1. The van der Waals surface area contributed by atoms with E-state index in [2.05, 4.69) is 13.8 Å². The van der Waals surface area contributed by atoms with E-state index < -0.39 is 0 Å². The molecular formula is C13H18FN. The van der Waals surface area contributed by atoms with Gasteiger partial charge in [0.05, 0.1) is 0 Å². The second-order valence-electron chi connectivity index (χ2n) is 5.33. The lowest BCUT2D eigenvalue weighted by Crippen LogP contribution is -2.16. The summed E-state index contributed by atoms with van der Waals surface area (Å²) in [5, 5.41) is 0. The molecule has 0 aromatic heterocycles. The maximum absolute atomic E-state index is 13.1. The number of benzene rings is 1.